The summed E-state index contributed by atoms with van der Waals surface area (Å²) in [6.45, 7) is 3.94. The van der Waals surface area contributed by atoms with E-state index < -0.39 is 0 Å². The van der Waals surface area contributed by atoms with Crippen molar-refractivity contribution in [3.8, 4) is 11.5 Å². The second kappa shape index (κ2) is 11.7. The van der Waals surface area contributed by atoms with E-state index in [-0.39, 0.29) is 30.2 Å². The Morgan fingerprint density at radius 3 is 2.55 bits per heavy atom. The summed E-state index contributed by atoms with van der Waals surface area (Å²) in [4.78, 5) is 40.0. The lowest BCUT2D eigenvalue weighted by Crippen LogP contribution is -2.27. The molecule has 1 heterocycles. The van der Waals surface area contributed by atoms with E-state index in [9.17, 15) is 14.4 Å². The molecule has 202 valence electrons. The van der Waals surface area contributed by atoms with E-state index in [0.29, 0.717) is 22.0 Å². The Morgan fingerprint density at radius 1 is 0.950 bits per heavy atom. The van der Waals surface area contributed by atoms with Crippen LogP contribution < -0.4 is 14.8 Å². The molecule has 0 atom stereocenters. The molecule has 4 aromatic carbocycles. The molecule has 1 N–H and O–H groups in total. The van der Waals surface area contributed by atoms with Crippen LogP contribution in [0, 0.1) is 13.8 Å². The molecule has 0 unspecified atom stereocenters. The molecule has 0 bridgehead atoms. The lowest BCUT2D eigenvalue weighted by Gasteiger charge is -2.14. The number of ether oxygens (including phenoxy) is 2. The molecule has 0 aromatic heterocycles. The number of imide groups is 1. The third-order valence-corrected chi connectivity index (χ3v) is 7.71. The summed E-state index contributed by atoms with van der Waals surface area (Å²) >= 11 is 0.910. The van der Waals surface area contributed by atoms with Crippen LogP contribution in [0.25, 0.3) is 16.8 Å². The number of benzene rings is 4. The number of aryl methyl sites for hydroxylation is 1. The number of nitrogens with one attached hydrogen (secondary N) is 1. The lowest BCUT2D eigenvalue weighted by molar-refractivity contribution is -0.123. The van der Waals surface area contributed by atoms with Crippen molar-refractivity contribution in [2.75, 3.05) is 19.0 Å². The number of fused-ring (bicyclic) bond motifs is 1. The van der Waals surface area contributed by atoms with Gasteiger partial charge in [0.25, 0.3) is 17.1 Å². The number of thioether (sulfide) groups is 1. The van der Waals surface area contributed by atoms with E-state index in [1.807, 2.05) is 74.5 Å². The highest BCUT2D eigenvalue weighted by Gasteiger charge is 2.35. The number of anilines is 1. The van der Waals surface area contributed by atoms with Gasteiger partial charge in [-0.2, -0.15) is 0 Å². The minimum atomic E-state index is -0.342. The number of nitrogens with zero attached hydrogens (tertiary/aromatic N) is 1. The van der Waals surface area contributed by atoms with E-state index in [1.165, 1.54) is 12.0 Å². The molecule has 3 amide bonds. The topological polar surface area (TPSA) is 84.9 Å². The monoisotopic (exact) mass is 552 g/mol. The summed E-state index contributed by atoms with van der Waals surface area (Å²) in [7, 11) is 1.50. The maximum atomic E-state index is 13.2. The Morgan fingerprint density at radius 2 is 1.73 bits per heavy atom. The van der Waals surface area contributed by atoms with Crippen molar-refractivity contribution in [2.45, 2.75) is 20.4 Å². The van der Waals surface area contributed by atoms with Crippen molar-refractivity contribution in [3.05, 3.63) is 106 Å². The van der Waals surface area contributed by atoms with Gasteiger partial charge in [0.2, 0.25) is 0 Å². The molecular weight excluding hydrogens is 524 g/mol. The highest BCUT2D eigenvalue weighted by molar-refractivity contribution is 8.18. The van der Waals surface area contributed by atoms with Crippen LogP contribution in [0.4, 0.5) is 10.5 Å². The van der Waals surface area contributed by atoms with Gasteiger partial charge in [0.1, 0.15) is 0 Å². The van der Waals surface area contributed by atoms with Gasteiger partial charge < -0.3 is 14.8 Å². The van der Waals surface area contributed by atoms with Gasteiger partial charge in [-0.25, -0.2) is 0 Å². The van der Waals surface area contributed by atoms with Gasteiger partial charge in [0, 0.05) is 5.69 Å². The average Bonchev–Trinajstić information content (AvgIpc) is 3.22. The smallest absolute Gasteiger partial charge is 0.293 e. The summed E-state index contributed by atoms with van der Waals surface area (Å²) in [5, 5.41) is 4.62. The number of carbonyl (C=O) groups excluding carboxylic acids is 3. The first kappa shape index (κ1) is 27.0. The largest absolute Gasteiger partial charge is 0.493 e. The maximum Gasteiger partial charge on any atom is 0.293 e. The minimum Gasteiger partial charge on any atom is -0.493 e. The lowest BCUT2D eigenvalue weighted by atomic mass is 10.0. The van der Waals surface area contributed by atoms with Crippen LogP contribution in [0.3, 0.4) is 0 Å². The van der Waals surface area contributed by atoms with Crippen LogP contribution in [0.1, 0.15) is 22.3 Å². The highest BCUT2D eigenvalue weighted by Crippen LogP contribution is 2.36. The molecule has 0 radical (unpaired) electrons. The zero-order valence-corrected chi connectivity index (χ0v) is 23.2. The Hall–Kier alpha value is -4.56. The van der Waals surface area contributed by atoms with E-state index >= 15 is 0 Å². The first-order valence-corrected chi connectivity index (χ1v) is 13.5. The minimum absolute atomic E-state index is 0.198. The van der Waals surface area contributed by atoms with Crippen molar-refractivity contribution in [3.63, 3.8) is 0 Å². The van der Waals surface area contributed by atoms with E-state index in [2.05, 4.69) is 5.32 Å². The van der Waals surface area contributed by atoms with Crippen molar-refractivity contribution in [2.24, 2.45) is 0 Å². The van der Waals surface area contributed by atoms with Gasteiger partial charge in [0.15, 0.2) is 18.1 Å². The zero-order chi connectivity index (χ0) is 28.2. The summed E-state index contributed by atoms with van der Waals surface area (Å²) in [6.07, 6.45) is 1.66. The number of rotatable bonds is 8. The number of amides is 3. The molecule has 4 aromatic rings. The number of hydrogen-bond donors (Lipinski definition) is 1. The molecule has 0 spiro atoms. The average molecular weight is 553 g/mol. The van der Waals surface area contributed by atoms with Crippen LogP contribution in [-0.2, 0) is 16.1 Å². The predicted molar refractivity (Wildman–Crippen MR) is 158 cm³/mol. The first-order valence-electron chi connectivity index (χ1n) is 12.7. The Labute approximate surface area is 236 Å². The van der Waals surface area contributed by atoms with E-state index in [0.717, 1.165) is 44.9 Å². The fourth-order valence-corrected chi connectivity index (χ4v) is 5.34. The zero-order valence-electron chi connectivity index (χ0n) is 22.4. The van der Waals surface area contributed by atoms with Crippen molar-refractivity contribution >= 4 is 51.4 Å². The van der Waals surface area contributed by atoms with Crippen molar-refractivity contribution in [1.82, 2.24) is 4.90 Å². The standard InChI is InChI=1S/C32H28N2O5S/c1-20-8-6-13-26(21(20)2)33-30(35)19-39-27-15-14-22(16-28(27)38-3)17-29-31(36)34(32(37)40-29)18-24-11-7-10-23-9-4-5-12-25(23)24/h4-17H,18-19H2,1-3H3,(H,33,35)/b29-17-. The predicted octanol–water partition coefficient (Wildman–Crippen LogP) is 6.72. The van der Waals surface area contributed by atoms with Gasteiger partial charge in [-0.15, -0.1) is 0 Å². The SMILES string of the molecule is COc1cc(/C=C2\SC(=O)N(Cc3cccc4ccccc34)C2=O)ccc1OCC(=O)Nc1cccc(C)c1C. The van der Waals surface area contributed by atoms with Crippen LogP contribution >= 0.6 is 11.8 Å². The molecule has 1 aliphatic rings. The van der Waals surface area contributed by atoms with Gasteiger partial charge in [-0.1, -0.05) is 60.7 Å². The second-order valence-corrected chi connectivity index (χ2v) is 10.4. The van der Waals surface area contributed by atoms with Crippen LogP contribution in [0.2, 0.25) is 0 Å². The molecule has 40 heavy (non-hydrogen) atoms. The first-order chi connectivity index (χ1) is 19.3. The van der Waals surface area contributed by atoms with Crippen LogP contribution in [-0.4, -0.2) is 35.7 Å². The van der Waals surface area contributed by atoms with E-state index in [1.54, 1.807) is 24.3 Å². The van der Waals surface area contributed by atoms with Crippen LogP contribution in [0.5, 0.6) is 11.5 Å². The molecular formula is C32H28N2O5S. The Kier molecular flexibility index (Phi) is 7.89. The summed E-state index contributed by atoms with van der Waals surface area (Å²) in [5.41, 5.74) is 4.40. The number of hydrogen-bond acceptors (Lipinski definition) is 6. The maximum absolute atomic E-state index is 13.2. The van der Waals surface area contributed by atoms with Gasteiger partial charge >= 0.3 is 0 Å². The van der Waals surface area contributed by atoms with Crippen molar-refractivity contribution in [1.29, 1.82) is 0 Å². The van der Waals surface area contributed by atoms with Gasteiger partial charge in [-0.3, -0.25) is 19.3 Å². The Balaban J connectivity index is 1.27. The number of methoxy groups -OCH3 is 1. The summed E-state index contributed by atoms with van der Waals surface area (Å²) in [5.74, 6) is 0.160. The molecule has 1 aliphatic heterocycles. The van der Waals surface area contributed by atoms with Crippen LogP contribution in [0.15, 0.2) is 83.8 Å². The molecule has 1 fully saturated rings. The Bertz CT molecular complexity index is 1660. The third-order valence-electron chi connectivity index (χ3n) is 6.80. The molecule has 7 nitrogen and oxygen atoms in total. The summed E-state index contributed by atoms with van der Waals surface area (Å²) in [6, 6.07) is 24.6. The molecule has 8 heteroatoms. The van der Waals surface area contributed by atoms with Gasteiger partial charge in [0.05, 0.1) is 18.6 Å². The highest BCUT2D eigenvalue weighted by atomic mass is 32.2. The van der Waals surface area contributed by atoms with Gasteiger partial charge in [-0.05, 0) is 82.9 Å². The van der Waals surface area contributed by atoms with E-state index in [4.69, 9.17) is 9.47 Å². The molecule has 5 rings (SSSR count). The molecule has 1 saturated heterocycles. The summed E-state index contributed by atoms with van der Waals surface area (Å²) < 4.78 is 11.2. The number of carbonyl (C=O) groups is 3. The van der Waals surface area contributed by atoms with Crippen molar-refractivity contribution < 1.29 is 23.9 Å². The second-order valence-electron chi connectivity index (χ2n) is 9.40. The fraction of sp³-hybridized carbons (Fsp3) is 0.156. The molecule has 0 saturated carbocycles. The quantitative estimate of drug-likeness (QED) is 0.244. The fourth-order valence-electron chi connectivity index (χ4n) is 4.50. The third kappa shape index (κ3) is 5.72. The normalized spacial score (nSPS) is 14.2. The molecule has 0 aliphatic carbocycles.